The lowest BCUT2D eigenvalue weighted by atomic mass is 9.86. The molecule has 1 N–H and O–H groups in total. The number of ether oxygens (including phenoxy) is 1. The maximum Gasteiger partial charge on any atom is 0.193 e. The number of halogens is 1. The lowest BCUT2D eigenvalue weighted by Gasteiger charge is -2.32. The van der Waals surface area contributed by atoms with E-state index in [1.54, 1.807) is 0 Å². The molecule has 4 unspecified atom stereocenters. The summed E-state index contributed by atoms with van der Waals surface area (Å²) >= 11 is 0. The van der Waals surface area contributed by atoms with Gasteiger partial charge in [0.15, 0.2) is 5.96 Å². The molecule has 0 aromatic carbocycles. The highest BCUT2D eigenvalue weighted by Crippen LogP contribution is 2.49. The van der Waals surface area contributed by atoms with Crippen molar-refractivity contribution in [2.24, 2.45) is 22.7 Å². The molecule has 0 amide bonds. The second-order valence-electron chi connectivity index (χ2n) is 8.23. The number of morpholine rings is 1. The first-order valence-electron chi connectivity index (χ1n) is 10.1. The Labute approximate surface area is 170 Å². The molecule has 2 heterocycles. The topological polar surface area (TPSA) is 40.1 Å². The largest absolute Gasteiger partial charge is 0.379 e. The first-order valence-corrected chi connectivity index (χ1v) is 10.1. The average Bonchev–Trinajstić information content (AvgIpc) is 3.36. The number of fused-ring (bicyclic) bond motifs is 2. The molecule has 2 aliphatic heterocycles. The number of nitrogens with one attached hydrogen (secondary N) is 1. The Kier molecular flexibility index (Phi) is 7.26. The van der Waals surface area contributed by atoms with E-state index in [1.165, 1.54) is 38.5 Å². The SMILES string of the molecule is CN=C(NCCC1CC2CCC1C2)N1CCC(N2CCOCC2)C1.I. The quantitative estimate of drug-likeness (QED) is 0.396. The highest BCUT2D eigenvalue weighted by Gasteiger charge is 2.39. The van der Waals surface area contributed by atoms with Crippen LogP contribution in [0.4, 0.5) is 0 Å². The molecule has 0 radical (unpaired) electrons. The summed E-state index contributed by atoms with van der Waals surface area (Å²) in [5.74, 6) is 4.20. The number of nitrogens with zero attached hydrogens (tertiary/aromatic N) is 3. The predicted octanol–water partition coefficient (Wildman–Crippen LogP) is 2.41. The monoisotopic (exact) mass is 462 g/mol. The van der Waals surface area contributed by atoms with Gasteiger partial charge >= 0.3 is 0 Å². The summed E-state index contributed by atoms with van der Waals surface area (Å²) < 4.78 is 5.49. The van der Waals surface area contributed by atoms with E-state index in [2.05, 4.69) is 20.1 Å². The van der Waals surface area contributed by atoms with Crippen molar-refractivity contribution in [3.05, 3.63) is 0 Å². The van der Waals surface area contributed by atoms with Crippen LogP contribution in [0, 0.1) is 17.8 Å². The number of rotatable bonds is 4. The van der Waals surface area contributed by atoms with Gasteiger partial charge in [0, 0.05) is 45.8 Å². The van der Waals surface area contributed by atoms with Crippen LogP contribution in [0.15, 0.2) is 4.99 Å². The molecule has 0 aromatic heterocycles. The van der Waals surface area contributed by atoms with Crippen LogP contribution in [0.5, 0.6) is 0 Å². The minimum atomic E-state index is 0. The van der Waals surface area contributed by atoms with E-state index in [9.17, 15) is 0 Å². The van der Waals surface area contributed by atoms with Gasteiger partial charge in [-0.1, -0.05) is 6.42 Å². The fourth-order valence-corrected chi connectivity index (χ4v) is 5.61. The third kappa shape index (κ3) is 4.61. The van der Waals surface area contributed by atoms with Crippen molar-refractivity contribution < 1.29 is 4.74 Å². The van der Waals surface area contributed by atoms with Crippen LogP contribution in [-0.2, 0) is 4.74 Å². The van der Waals surface area contributed by atoms with Gasteiger partial charge in [-0.25, -0.2) is 0 Å². The van der Waals surface area contributed by atoms with Gasteiger partial charge in [0.25, 0.3) is 0 Å². The molecule has 0 spiro atoms. The fourth-order valence-electron chi connectivity index (χ4n) is 5.61. The van der Waals surface area contributed by atoms with Crippen molar-refractivity contribution in [2.45, 2.75) is 44.6 Å². The molecule has 0 aromatic rings. The highest BCUT2D eigenvalue weighted by atomic mass is 127. The number of aliphatic imine (C=N–C) groups is 1. The van der Waals surface area contributed by atoms with Crippen LogP contribution in [0.3, 0.4) is 0 Å². The van der Waals surface area contributed by atoms with Gasteiger partial charge in [0.05, 0.1) is 13.2 Å². The first kappa shape index (κ1) is 19.7. The Bertz CT molecular complexity index is 455. The van der Waals surface area contributed by atoms with E-state index in [0.717, 1.165) is 69.7 Å². The van der Waals surface area contributed by atoms with Crippen LogP contribution in [0.1, 0.15) is 38.5 Å². The molecule has 144 valence electrons. The van der Waals surface area contributed by atoms with Gasteiger partial charge in [-0.05, 0) is 49.9 Å². The molecule has 25 heavy (non-hydrogen) atoms. The molecule has 4 fully saturated rings. The van der Waals surface area contributed by atoms with E-state index in [0.29, 0.717) is 6.04 Å². The fraction of sp³-hybridized carbons (Fsp3) is 0.947. The molecule has 5 nitrogen and oxygen atoms in total. The van der Waals surface area contributed by atoms with Crippen molar-refractivity contribution in [2.75, 3.05) is 53.0 Å². The molecule has 4 atom stereocenters. The molecule has 4 rings (SSSR count). The Morgan fingerprint density at radius 3 is 2.64 bits per heavy atom. The van der Waals surface area contributed by atoms with Gasteiger partial charge in [-0.3, -0.25) is 9.89 Å². The highest BCUT2D eigenvalue weighted by molar-refractivity contribution is 14.0. The standard InChI is InChI=1S/C19H34N4O.HI/c1-20-19(21-6-4-17-13-15-2-3-16(17)12-15)23-7-5-18(14-23)22-8-10-24-11-9-22;/h15-18H,2-14H2,1H3,(H,20,21);1H. The van der Waals surface area contributed by atoms with Crippen molar-refractivity contribution in [3.8, 4) is 0 Å². The van der Waals surface area contributed by atoms with Gasteiger partial charge in [-0.15, -0.1) is 24.0 Å². The second-order valence-corrected chi connectivity index (χ2v) is 8.23. The minimum absolute atomic E-state index is 0. The third-order valence-electron chi connectivity index (χ3n) is 6.92. The van der Waals surface area contributed by atoms with Gasteiger partial charge < -0.3 is 15.0 Å². The molecule has 4 aliphatic rings. The van der Waals surface area contributed by atoms with Gasteiger partial charge in [-0.2, -0.15) is 0 Å². The number of likely N-dealkylation sites (tertiary alicyclic amines) is 1. The summed E-state index contributed by atoms with van der Waals surface area (Å²) in [5, 5.41) is 3.65. The van der Waals surface area contributed by atoms with E-state index >= 15 is 0 Å². The summed E-state index contributed by atoms with van der Waals surface area (Å²) in [6.07, 6.45) is 8.61. The van der Waals surface area contributed by atoms with Crippen molar-refractivity contribution in [1.82, 2.24) is 15.1 Å². The van der Waals surface area contributed by atoms with Gasteiger partial charge in [0.1, 0.15) is 0 Å². The zero-order valence-electron chi connectivity index (χ0n) is 15.7. The maximum absolute atomic E-state index is 5.49. The Hall–Kier alpha value is -0.0800. The van der Waals surface area contributed by atoms with Crippen LogP contribution in [0.2, 0.25) is 0 Å². The van der Waals surface area contributed by atoms with E-state index in [-0.39, 0.29) is 24.0 Å². The predicted molar refractivity (Wildman–Crippen MR) is 113 cm³/mol. The number of hydrogen-bond donors (Lipinski definition) is 1. The van der Waals surface area contributed by atoms with Crippen molar-refractivity contribution in [3.63, 3.8) is 0 Å². The van der Waals surface area contributed by atoms with Crippen molar-refractivity contribution in [1.29, 1.82) is 0 Å². The lowest BCUT2D eigenvalue weighted by Crippen LogP contribution is -2.46. The Balaban J connectivity index is 0.00000182. The first-order chi connectivity index (χ1) is 11.8. The number of guanidine groups is 1. The Morgan fingerprint density at radius 1 is 1.12 bits per heavy atom. The molecule has 2 saturated carbocycles. The zero-order valence-corrected chi connectivity index (χ0v) is 18.0. The van der Waals surface area contributed by atoms with E-state index in [4.69, 9.17) is 4.74 Å². The van der Waals surface area contributed by atoms with Crippen LogP contribution >= 0.6 is 24.0 Å². The normalized spacial score (nSPS) is 35.9. The summed E-state index contributed by atoms with van der Waals surface area (Å²) in [4.78, 5) is 9.61. The third-order valence-corrected chi connectivity index (χ3v) is 6.92. The van der Waals surface area contributed by atoms with Crippen LogP contribution < -0.4 is 5.32 Å². The average molecular weight is 462 g/mol. The minimum Gasteiger partial charge on any atom is -0.379 e. The molecule has 2 saturated heterocycles. The number of hydrogen-bond acceptors (Lipinski definition) is 3. The van der Waals surface area contributed by atoms with E-state index < -0.39 is 0 Å². The van der Waals surface area contributed by atoms with Gasteiger partial charge in [0.2, 0.25) is 0 Å². The Morgan fingerprint density at radius 2 is 1.96 bits per heavy atom. The smallest absolute Gasteiger partial charge is 0.193 e. The molecule has 2 aliphatic carbocycles. The summed E-state index contributed by atoms with van der Waals surface area (Å²) in [6.45, 7) is 7.33. The van der Waals surface area contributed by atoms with E-state index in [1.807, 2.05) is 7.05 Å². The second kappa shape index (κ2) is 9.22. The zero-order chi connectivity index (χ0) is 16.4. The maximum atomic E-state index is 5.49. The molecule has 2 bridgehead atoms. The summed E-state index contributed by atoms with van der Waals surface area (Å²) in [7, 11) is 1.93. The lowest BCUT2D eigenvalue weighted by molar-refractivity contribution is 0.0195. The van der Waals surface area contributed by atoms with Crippen LogP contribution in [-0.4, -0.2) is 74.8 Å². The molecule has 6 heteroatoms. The summed E-state index contributed by atoms with van der Waals surface area (Å²) in [6, 6.07) is 0.679. The van der Waals surface area contributed by atoms with Crippen molar-refractivity contribution >= 4 is 29.9 Å². The molecular weight excluding hydrogens is 427 g/mol. The molecular formula is C19H35IN4O. The summed E-state index contributed by atoms with van der Waals surface area (Å²) in [5.41, 5.74) is 0. The van der Waals surface area contributed by atoms with Crippen LogP contribution in [0.25, 0.3) is 0 Å².